The van der Waals surface area contributed by atoms with E-state index in [2.05, 4.69) is 134 Å². The van der Waals surface area contributed by atoms with Gasteiger partial charge in [-0.2, -0.15) is 0 Å². The van der Waals surface area contributed by atoms with E-state index < -0.39 is 0 Å². The maximum Gasteiger partial charge on any atom is 0.0965 e. The van der Waals surface area contributed by atoms with Gasteiger partial charge >= 0.3 is 0 Å². The van der Waals surface area contributed by atoms with Gasteiger partial charge in [0.05, 0.1) is 11.4 Å². The zero-order valence-corrected chi connectivity index (χ0v) is 24.8. The first-order valence-corrected chi connectivity index (χ1v) is 15.1. The van der Waals surface area contributed by atoms with E-state index in [-0.39, 0.29) is 0 Å². The number of benzene rings is 7. The predicted octanol–water partition coefficient (Wildman–Crippen LogP) is 11.2. The van der Waals surface area contributed by atoms with E-state index in [1.807, 2.05) is 18.2 Å². The van der Waals surface area contributed by atoms with Crippen LogP contribution in [0.1, 0.15) is 11.1 Å². The van der Waals surface area contributed by atoms with Gasteiger partial charge < -0.3 is 0 Å². The van der Waals surface area contributed by atoms with E-state index in [1.54, 1.807) is 12.4 Å². The zero-order chi connectivity index (χ0) is 29.6. The number of rotatable bonds is 4. The van der Waals surface area contributed by atoms with Crippen molar-refractivity contribution >= 4 is 32.3 Å². The molecule has 0 saturated heterocycles. The number of fused-ring (bicyclic) bond motifs is 6. The van der Waals surface area contributed by atoms with Crippen molar-refractivity contribution in [2.24, 2.45) is 0 Å². The fourth-order valence-corrected chi connectivity index (χ4v) is 6.83. The van der Waals surface area contributed by atoms with E-state index in [9.17, 15) is 0 Å². The minimum absolute atomic E-state index is 0.893. The second-order valence-electron chi connectivity index (χ2n) is 11.5. The van der Waals surface area contributed by atoms with Crippen LogP contribution < -0.4 is 0 Å². The molecule has 208 valence electrons. The van der Waals surface area contributed by atoms with Crippen LogP contribution in [-0.2, 0) is 0 Å². The molecule has 0 aliphatic carbocycles. The van der Waals surface area contributed by atoms with E-state index in [0.29, 0.717) is 0 Å². The first-order valence-electron chi connectivity index (χ1n) is 15.1. The molecule has 1 heterocycles. The first kappa shape index (κ1) is 26.1. The molecule has 8 aromatic rings. The van der Waals surface area contributed by atoms with Crippen molar-refractivity contribution in [3.8, 4) is 44.8 Å². The average molecular weight is 563 g/mol. The smallest absolute Gasteiger partial charge is 0.0965 e. The summed E-state index contributed by atoms with van der Waals surface area (Å²) in [6.45, 7) is 4.46. The van der Waals surface area contributed by atoms with E-state index in [4.69, 9.17) is 4.98 Å². The minimum Gasteiger partial charge on any atom is -0.252 e. The molecule has 0 aliphatic heterocycles. The Kier molecular flexibility index (Phi) is 6.27. The summed E-state index contributed by atoms with van der Waals surface area (Å²) >= 11 is 0. The zero-order valence-electron chi connectivity index (χ0n) is 24.8. The van der Waals surface area contributed by atoms with Crippen molar-refractivity contribution in [1.82, 2.24) is 9.97 Å². The highest BCUT2D eigenvalue weighted by atomic mass is 14.8. The molecule has 0 saturated carbocycles. The van der Waals surface area contributed by atoms with Gasteiger partial charge in [-0.1, -0.05) is 127 Å². The summed E-state index contributed by atoms with van der Waals surface area (Å²) < 4.78 is 0. The van der Waals surface area contributed by atoms with Gasteiger partial charge in [0, 0.05) is 23.5 Å². The van der Waals surface area contributed by atoms with Crippen LogP contribution in [0.25, 0.3) is 77.1 Å². The van der Waals surface area contributed by atoms with Gasteiger partial charge in [-0.25, -0.2) is 0 Å². The van der Waals surface area contributed by atoms with Gasteiger partial charge in [0.2, 0.25) is 0 Å². The van der Waals surface area contributed by atoms with Crippen molar-refractivity contribution in [3.63, 3.8) is 0 Å². The monoisotopic (exact) mass is 562 g/mol. The summed E-state index contributed by atoms with van der Waals surface area (Å²) in [5.41, 5.74) is 11.4. The third-order valence-electron chi connectivity index (χ3n) is 8.80. The fraction of sp³-hybridized carbons (Fsp3) is 0.0476. The van der Waals surface area contributed by atoms with Gasteiger partial charge in [0.15, 0.2) is 0 Å². The maximum atomic E-state index is 4.70. The predicted molar refractivity (Wildman–Crippen MR) is 186 cm³/mol. The van der Waals surface area contributed by atoms with E-state index in [1.165, 1.54) is 65.7 Å². The molecule has 0 aliphatic rings. The molecule has 8 rings (SSSR count). The lowest BCUT2D eigenvalue weighted by molar-refractivity contribution is 1.21. The Bertz CT molecular complexity index is 2280. The van der Waals surface area contributed by atoms with Crippen LogP contribution in [0.3, 0.4) is 0 Å². The minimum atomic E-state index is 0.893. The first-order chi connectivity index (χ1) is 21.7. The number of hydrogen-bond donors (Lipinski definition) is 0. The molecule has 1 aromatic heterocycles. The highest BCUT2D eigenvalue weighted by molar-refractivity contribution is 6.25. The molecule has 2 heteroatoms. The Hall–Kier alpha value is -5.60. The molecule has 0 spiro atoms. The normalized spacial score (nSPS) is 11.4. The summed E-state index contributed by atoms with van der Waals surface area (Å²) in [6, 6.07) is 48.1. The van der Waals surface area contributed by atoms with E-state index in [0.717, 1.165) is 22.5 Å². The number of nitrogens with zero attached hydrogens (tertiary/aromatic N) is 2. The summed E-state index contributed by atoms with van der Waals surface area (Å²) in [5, 5.41) is 7.81. The molecule has 0 radical (unpaired) electrons. The Labute approximate surface area is 257 Å². The van der Waals surface area contributed by atoms with Gasteiger partial charge in [-0.05, 0) is 85.6 Å². The van der Waals surface area contributed by atoms with Crippen LogP contribution >= 0.6 is 0 Å². The molecule has 7 aromatic carbocycles. The number of aryl methyl sites for hydroxylation is 2. The summed E-state index contributed by atoms with van der Waals surface area (Å²) in [5.74, 6) is 0. The Morgan fingerprint density at radius 2 is 0.773 bits per heavy atom. The molecule has 2 nitrogen and oxygen atoms in total. The van der Waals surface area contributed by atoms with Crippen LogP contribution in [-0.4, -0.2) is 9.97 Å². The fourth-order valence-electron chi connectivity index (χ4n) is 6.83. The van der Waals surface area contributed by atoms with Gasteiger partial charge in [-0.3, -0.25) is 9.97 Å². The lowest BCUT2D eigenvalue weighted by Gasteiger charge is -2.16. The highest BCUT2D eigenvalue weighted by Gasteiger charge is 2.14. The Morgan fingerprint density at radius 1 is 0.341 bits per heavy atom. The second-order valence-corrected chi connectivity index (χ2v) is 11.5. The quantitative estimate of drug-likeness (QED) is 0.199. The Balaban J connectivity index is 1.19. The van der Waals surface area contributed by atoms with Crippen LogP contribution in [0.2, 0.25) is 0 Å². The van der Waals surface area contributed by atoms with Crippen molar-refractivity contribution in [2.75, 3.05) is 0 Å². The van der Waals surface area contributed by atoms with Gasteiger partial charge in [-0.15, -0.1) is 0 Å². The standard InChI is InChI=1S/C42H30N2/c1-27-24-33(29-16-18-31(19-17-29)42-41(43-22-23-44-42)30-10-4-3-5-11-30)25-28(2)40(27)32-20-21-38-36-14-7-6-12-34(36)35-13-8-9-15-37(35)39(38)26-32/h3-26H,1-2H3. The number of hydrogen-bond acceptors (Lipinski definition) is 2. The third kappa shape index (κ3) is 4.35. The Morgan fingerprint density at radius 3 is 1.34 bits per heavy atom. The molecule has 0 amide bonds. The summed E-state index contributed by atoms with van der Waals surface area (Å²) in [4.78, 5) is 9.35. The second kappa shape index (κ2) is 10.6. The molecule has 0 bridgehead atoms. The van der Waals surface area contributed by atoms with Crippen molar-refractivity contribution < 1.29 is 0 Å². The third-order valence-corrected chi connectivity index (χ3v) is 8.80. The van der Waals surface area contributed by atoms with Crippen molar-refractivity contribution in [1.29, 1.82) is 0 Å². The highest BCUT2D eigenvalue weighted by Crippen LogP contribution is 2.39. The molecule has 0 fully saturated rings. The van der Waals surface area contributed by atoms with Gasteiger partial charge in [0.25, 0.3) is 0 Å². The largest absolute Gasteiger partial charge is 0.252 e. The molecular weight excluding hydrogens is 532 g/mol. The van der Waals surface area contributed by atoms with Crippen LogP contribution in [0.4, 0.5) is 0 Å². The van der Waals surface area contributed by atoms with Crippen LogP contribution in [0.5, 0.6) is 0 Å². The topological polar surface area (TPSA) is 25.8 Å². The maximum absolute atomic E-state index is 4.70. The van der Waals surface area contributed by atoms with Crippen LogP contribution in [0, 0.1) is 13.8 Å². The molecular formula is C42H30N2. The van der Waals surface area contributed by atoms with E-state index >= 15 is 0 Å². The summed E-state index contributed by atoms with van der Waals surface area (Å²) in [7, 11) is 0. The summed E-state index contributed by atoms with van der Waals surface area (Å²) in [6.07, 6.45) is 3.52. The molecule has 44 heavy (non-hydrogen) atoms. The SMILES string of the molecule is Cc1cc(-c2ccc(-c3nccnc3-c3ccccc3)cc2)cc(C)c1-c1ccc2c3ccccc3c3ccccc3c2c1. The number of aromatic nitrogens is 2. The molecule has 0 atom stereocenters. The average Bonchev–Trinajstić information content (AvgIpc) is 3.08. The lowest BCUT2D eigenvalue weighted by Crippen LogP contribution is -1.93. The van der Waals surface area contributed by atoms with Crippen molar-refractivity contribution in [3.05, 3.63) is 157 Å². The lowest BCUT2D eigenvalue weighted by atomic mass is 9.88. The van der Waals surface area contributed by atoms with Crippen LogP contribution in [0.15, 0.2) is 146 Å². The van der Waals surface area contributed by atoms with Gasteiger partial charge in [0.1, 0.15) is 0 Å². The molecule has 0 N–H and O–H groups in total. The van der Waals surface area contributed by atoms with Crippen molar-refractivity contribution in [2.45, 2.75) is 13.8 Å². The molecule has 0 unspecified atom stereocenters.